The van der Waals surface area contributed by atoms with Crippen LogP contribution in [-0.4, -0.2) is 81.0 Å². The first-order valence-electron chi connectivity index (χ1n) is 22.4. The summed E-state index contributed by atoms with van der Waals surface area (Å²) in [6, 6.07) is 3.91. The first-order valence-corrected chi connectivity index (χ1v) is 24.7. The number of ether oxygens (including phenoxy) is 2. The van der Waals surface area contributed by atoms with E-state index in [2.05, 4.69) is 16.7 Å². The van der Waals surface area contributed by atoms with Crippen LogP contribution in [0.2, 0.25) is 0 Å². The molecule has 326 valence electrons. The average molecular weight is 853 g/mol. The van der Waals surface area contributed by atoms with Gasteiger partial charge in [-0.25, -0.2) is 0 Å². The van der Waals surface area contributed by atoms with Crippen LogP contribution < -0.4 is 26.8 Å². The number of aromatic hydroxyl groups is 1. The molecule has 4 unspecified atom stereocenters. The molecule has 0 radical (unpaired) electrons. The van der Waals surface area contributed by atoms with E-state index in [9.17, 15) is 19.8 Å². The van der Waals surface area contributed by atoms with E-state index in [1.807, 2.05) is 44.7 Å². The molecule has 8 rings (SSSR count). The summed E-state index contributed by atoms with van der Waals surface area (Å²) in [6.45, 7) is 3.32. The molecule has 0 aromatic heterocycles. The van der Waals surface area contributed by atoms with Crippen molar-refractivity contribution in [1.29, 1.82) is 0 Å². The molecule has 1 aromatic carbocycles. The maximum atomic E-state index is 14.1. The molecule has 3 aliphatic carbocycles. The maximum absolute atomic E-state index is 14.1. The molecule has 1 spiro atoms. The van der Waals surface area contributed by atoms with Gasteiger partial charge in [0.1, 0.15) is 5.60 Å². The predicted molar refractivity (Wildman–Crippen MR) is 237 cm³/mol. The number of nitrogens with one attached hydrogen (secondary N) is 2. The number of rotatable bonds is 5. The Hall–Kier alpha value is -3.23. The zero-order chi connectivity index (χ0) is 41.5. The number of fused-ring (bicyclic) bond motifs is 12. The summed E-state index contributed by atoms with van der Waals surface area (Å²) in [7, 11) is 3.82. The smallest absolute Gasteiger partial charge is 0.303 e. The number of aliphatic hydroxyl groups excluding tert-OH is 1. The van der Waals surface area contributed by atoms with Crippen molar-refractivity contribution in [3.63, 3.8) is 0 Å². The molecule has 4 aliphatic heterocycles. The number of nitrogens with zero attached hydrogens (tertiary/aromatic N) is 2. The van der Waals surface area contributed by atoms with Crippen molar-refractivity contribution in [2.24, 2.45) is 27.8 Å². The number of aliphatic hydroxyl groups is 1. The van der Waals surface area contributed by atoms with Gasteiger partial charge in [-0.3, -0.25) is 14.6 Å². The Bertz CT molecular complexity index is 1740. The number of phenols is 1. The summed E-state index contributed by atoms with van der Waals surface area (Å²) < 4.78 is 12.6. The molecule has 1 aromatic rings. The summed E-state index contributed by atoms with van der Waals surface area (Å²) in [5.41, 5.74) is 14.4. The number of hydrogen-bond donors (Lipinski definition) is 6. The van der Waals surface area contributed by atoms with Gasteiger partial charge in [-0.15, -0.1) is 0 Å². The number of dihydropyridines is 1. The van der Waals surface area contributed by atoms with Crippen LogP contribution in [0.25, 0.3) is 0 Å². The highest BCUT2D eigenvalue weighted by Gasteiger charge is 2.45. The van der Waals surface area contributed by atoms with E-state index >= 15 is 0 Å². The number of phenolic OH excluding ortho intramolecular Hbond substituents is 1. The lowest BCUT2D eigenvalue weighted by atomic mass is 9.72. The van der Waals surface area contributed by atoms with Crippen molar-refractivity contribution in [2.45, 2.75) is 165 Å². The number of allylic oxidation sites excluding steroid dienone is 2. The number of guanidine groups is 1. The monoisotopic (exact) mass is 852 g/mol. The molecule has 14 heteroatoms. The van der Waals surface area contributed by atoms with E-state index in [4.69, 9.17) is 25.9 Å². The zero-order valence-electron chi connectivity index (χ0n) is 35.1. The molecular formula is C45H68N6O6S2. The second-order valence-electron chi connectivity index (χ2n) is 18.4. The third-order valence-corrected chi connectivity index (χ3v) is 16.9. The number of aryl methyl sites for hydroxylation is 1. The Morgan fingerprint density at radius 3 is 2.58 bits per heavy atom. The summed E-state index contributed by atoms with van der Waals surface area (Å²) >= 11 is 0. The van der Waals surface area contributed by atoms with Gasteiger partial charge in [0.15, 0.2) is 17.5 Å². The Labute approximate surface area is 358 Å². The lowest BCUT2D eigenvalue weighted by molar-refractivity contribution is -0.168. The van der Waals surface area contributed by atoms with Crippen molar-refractivity contribution in [3.05, 3.63) is 46.8 Å². The number of esters is 1. The number of nitrogens with two attached hydrogens (primary N) is 2. The fraction of sp³-hybridized carbons (Fsp3) is 0.711. The van der Waals surface area contributed by atoms with Crippen LogP contribution in [0, 0.1) is 11.3 Å². The van der Waals surface area contributed by atoms with E-state index in [0.29, 0.717) is 87.7 Å². The molecule has 1 amide bonds. The van der Waals surface area contributed by atoms with E-state index in [-0.39, 0.29) is 41.1 Å². The molecule has 3 saturated carbocycles. The summed E-state index contributed by atoms with van der Waals surface area (Å²) in [6.07, 6.45) is 21.0. The van der Waals surface area contributed by atoms with Gasteiger partial charge in [0.05, 0.1) is 22.9 Å². The standard InChI is InChI=1S/C45H68N6O6S2/c1-31(52)57-44-17-12-32-23-35(41(55)38(24-32)56-36-10-4-5-11-36)29-51-30-43(28-40(51)54,26-33-14-20-48-39(46)25-33)19-21-49-42(47)50-45(15-6-7-16-45)59-58-22-8-2-3-9-34(13-18-44)37(53)27-44/h14,23-25,34,36-37,48,53,55H,2-13,15-22,26-30,46H2,1H3,(H3,47,49,50). The van der Waals surface area contributed by atoms with Crippen molar-refractivity contribution in [2.75, 3.05) is 25.4 Å². The van der Waals surface area contributed by atoms with Crippen LogP contribution >= 0.6 is 21.6 Å². The number of carbonyl (C=O) groups is 2. The Morgan fingerprint density at radius 1 is 1.02 bits per heavy atom. The topological polar surface area (TPSA) is 185 Å². The third kappa shape index (κ3) is 11.6. The third-order valence-electron chi connectivity index (χ3n) is 13.7. The fourth-order valence-electron chi connectivity index (χ4n) is 10.6. The minimum absolute atomic E-state index is 0.0269. The van der Waals surface area contributed by atoms with E-state index in [0.717, 1.165) is 100 Å². The predicted octanol–water partition coefficient (Wildman–Crippen LogP) is 7.07. The first kappa shape index (κ1) is 43.8. The van der Waals surface area contributed by atoms with Crippen LogP contribution in [0.4, 0.5) is 0 Å². The van der Waals surface area contributed by atoms with Crippen molar-refractivity contribution >= 4 is 39.4 Å². The number of carbonyl (C=O) groups excluding carboxylic acids is 2. The van der Waals surface area contributed by atoms with Gasteiger partial charge in [0.25, 0.3) is 0 Å². The molecule has 8 N–H and O–H groups in total. The number of hydrogen-bond acceptors (Lipinski definition) is 13. The molecule has 12 nitrogen and oxygen atoms in total. The molecule has 4 fully saturated rings. The SMILES string of the molecule is CC(=O)OC12CCc3cc(c(O)c(OC4CCCC4)c3)CN3CC(CC4=CCNC(N)=C4)(CCN=C(N)NC4(CCCC4)SSCCCCCC(CC1)C(O)C2)CC3=O. The fourth-order valence-corrected chi connectivity index (χ4v) is 13.7. The molecule has 4 atom stereocenters. The highest BCUT2D eigenvalue weighted by atomic mass is 33.1. The zero-order valence-corrected chi connectivity index (χ0v) is 36.7. The van der Waals surface area contributed by atoms with Crippen LogP contribution in [0.1, 0.15) is 140 Å². The molecule has 7 aliphatic rings. The second-order valence-corrected chi connectivity index (χ2v) is 21.2. The Balaban J connectivity index is 1.18. The van der Waals surface area contributed by atoms with Gasteiger partial charge < -0.3 is 46.7 Å². The molecular weight excluding hydrogens is 785 g/mol. The van der Waals surface area contributed by atoms with E-state index < -0.39 is 17.1 Å². The largest absolute Gasteiger partial charge is 0.504 e. The van der Waals surface area contributed by atoms with Gasteiger partial charge >= 0.3 is 5.97 Å². The molecule has 1 saturated heterocycles. The van der Waals surface area contributed by atoms with Crippen molar-refractivity contribution < 1.29 is 29.3 Å². The van der Waals surface area contributed by atoms with Crippen LogP contribution in [0.3, 0.4) is 0 Å². The number of amides is 1. The lowest BCUT2D eigenvalue weighted by Gasteiger charge is -2.42. The van der Waals surface area contributed by atoms with E-state index in [1.54, 1.807) is 0 Å². The Morgan fingerprint density at radius 2 is 1.81 bits per heavy atom. The van der Waals surface area contributed by atoms with Crippen LogP contribution in [-0.2, 0) is 27.3 Å². The number of aliphatic imine (C=N–C) groups is 1. The average Bonchev–Trinajstić information content (AvgIpc) is 3.94. The quantitative estimate of drug-likeness (QED) is 0.131. The van der Waals surface area contributed by atoms with Gasteiger partial charge in [0.2, 0.25) is 5.91 Å². The normalized spacial score (nSPS) is 30.2. The van der Waals surface area contributed by atoms with Crippen molar-refractivity contribution in [1.82, 2.24) is 15.5 Å². The van der Waals surface area contributed by atoms with E-state index in [1.165, 1.54) is 6.92 Å². The second kappa shape index (κ2) is 19.6. The van der Waals surface area contributed by atoms with Gasteiger partial charge in [-0.1, -0.05) is 59.4 Å². The van der Waals surface area contributed by atoms with Crippen LogP contribution in [0.15, 0.2) is 40.7 Å². The summed E-state index contributed by atoms with van der Waals surface area (Å²) in [4.78, 5) is 33.3. The van der Waals surface area contributed by atoms with Crippen LogP contribution in [0.5, 0.6) is 11.5 Å². The Kier molecular flexibility index (Phi) is 14.6. The minimum atomic E-state index is -0.771. The molecule has 4 heterocycles. The van der Waals surface area contributed by atoms with Gasteiger partial charge in [-0.2, -0.15) is 0 Å². The number of benzene rings is 1. The summed E-state index contributed by atoms with van der Waals surface area (Å²) in [5, 5.41) is 30.1. The summed E-state index contributed by atoms with van der Waals surface area (Å²) in [5.74, 6) is 2.53. The van der Waals surface area contributed by atoms with Crippen molar-refractivity contribution in [3.8, 4) is 11.5 Å². The maximum Gasteiger partial charge on any atom is 0.303 e. The molecule has 59 heavy (non-hydrogen) atoms. The highest BCUT2D eigenvalue weighted by Crippen LogP contribution is 2.47. The van der Waals surface area contributed by atoms with Gasteiger partial charge in [0, 0.05) is 62.7 Å². The lowest BCUT2D eigenvalue weighted by Crippen LogP contribution is -2.47. The highest BCUT2D eigenvalue weighted by molar-refractivity contribution is 8.77. The van der Waals surface area contributed by atoms with Gasteiger partial charge in [-0.05, 0) is 119 Å². The molecule has 6 bridgehead atoms. The minimum Gasteiger partial charge on any atom is -0.504 e. The first-order chi connectivity index (χ1) is 28.4.